The normalized spacial score (nSPS) is 11.7. The molecule has 0 radical (unpaired) electrons. The Morgan fingerprint density at radius 2 is 0.659 bits per heavy atom. The minimum absolute atomic E-state index is 0.477. The zero-order valence-corrected chi connectivity index (χ0v) is 25.3. The number of allylic oxidation sites excluding steroid dienone is 2. The number of anilines is 3. The molecule has 0 saturated heterocycles. The molecule has 6 aromatic carbocycles. The van der Waals surface area contributed by atoms with Crippen molar-refractivity contribution in [2.45, 2.75) is 19.3 Å². The van der Waals surface area contributed by atoms with Gasteiger partial charge in [-0.2, -0.15) is 0 Å². The van der Waals surface area contributed by atoms with E-state index < -0.39 is 5.41 Å². The number of hydrogen-bond acceptors (Lipinski definition) is 1. The van der Waals surface area contributed by atoms with Crippen LogP contribution in [-0.2, 0) is 5.41 Å². The highest BCUT2D eigenvalue weighted by molar-refractivity contribution is 5.78. The van der Waals surface area contributed by atoms with Crippen molar-refractivity contribution in [2.24, 2.45) is 0 Å². The Balaban J connectivity index is 1.52. The maximum atomic E-state index is 2.33. The molecule has 0 atom stereocenters. The standard InChI is InChI=1S/C43H37N/c1-3-14-34-22-28-40(29-23-34)44(41-30-24-35(15-4-2)25-31-41)42-32-26-39(27-33-42)43(36-16-8-5-9-17-36,37-18-10-6-11-19-37)38-20-12-7-13-21-38/h3-33H,1-2H3/b14-3+,15-4+. The second kappa shape index (κ2) is 13.3. The average Bonchev–Trinajstić information content (AvgIpc) is 3.09. The molecule has 44 heavy (non-hydrogen) atoms. The fourth-order valence-corrected chi connectivity index (χ4v) is 6.23. The zero-order valence-electron chi connectivity index (χ0n) is 25.3. The van der Waals surface area contributed by atoms with Crippen LogP contribution in [0.3, 0.4) is 0 Å². The Kier molecular flexibility index (Phi) is 8.66. The van der Waals surface area contributed by atoms with Crippen molar-refractivity contribution < 1.29 is 0 Å². The third-order valence-electron chi connectivity index (χ3n) is 8.20. The maximum absolute atomic E-state index is 2.33. The molecular formula is C43H37N. The molecule has 0 N–H and O–H groups in total. The average molecular weight is 568 g/mol. The van der Waals surface area contributed by atoms with Crippen LogP contribution in [0.25, 0.3) is 12.2 Å². The summed E-state index contributed by atoms with van der Waals surface area (Å²) in [6, 6.07) is 59.2. The van der Waals surface area contributed by atoms with Crippen LogP contribution < -0.4 is 4.90 Å². The highest BCUT2D eigenvalue weighted by atomic mass is 15.1. The summed E-state index contributed by atoms with van der Waals surface area (Å²) in [6.45, 7) is 4.10. The van der Waals surface area contributed by atoms with Gasteiger partial charge in [0.05, 0.1) is 5.41 Å². The van der Waals surface area contributed by atoms with Crippen molar-refractivity contribution in [1.29, 1.82) is 0 Å². The van der Waals surface area contributed by atoms with E-state index in [2.05, 4.69) is 207 Å². The van der Waals surface area contributed by atoms with Gasteiger partial charge in [-0.15, -0.1) is 0 Å². The Morgan fingerprint density at radius 3 is 0.977 bits per heavy atom. The quantitative estimate of drug-likeness (QED) is 0.157. The molecule has 0 spiro atoms. The van der Waals surface area contributed by atoms with Gasteiger partial charge in [0.15, 0.2) is 0 Å². The van der Waals surface area contributed by atoms with Crippen molar-refractivity contribution in [1.82, 2.24) is 0 Å². The molecule has 1 heteroatoms. The van der Waals surface area contributed by atoms with Gasteiger partial charge in [0, 0.05) is 17.1 Å². The summed E-state index contributed by atoms with van der Waals surface area (Å²) >= 11 is 0. The van der Waals surface area contributed by atoms with Crippen LogP contribution in [-0.4, -0.2) is 0 Å². The number of hydrogen-bond donors (Lipinski definition) is 0. The second-order valence-corrected chi connectivity index (χ2v) is 10.9. The molecular weight excluding hydrogens is 530 g/mol. The van der Waals surface area contributed by atoms with E-state index in [-0.39, 0.29) is 0 Å². The van der Waals surface area contributed by atoms with Crippen LogP contribution in [0.1, 0.15) is 47.2 Å². The number of rotatable bonds is 9. The molecule has 0 aliphatic rings. The molecule has 0 heterocycles. The van der Waals surface area contributed by atoms with E-state index in [1.165, 1.54) is 33.4 Å². The highest BCUT2D eigenvalue weighted by Crippen LogP contribution is 2.46. The lowest BCUT2D eigenvalue weighted by Gasteiger charge is -2.37. The fourth-order valence-electron chi connectivity index (χ4n) is 6.23. The Morgan fingerprint density at radius 1 is 0.364 bits per heavy atom. The summed E-state index contributed by atoms with van der Waals surface area (Å²) in [5.74, 6) is 0. The topological polar surface area (TPSA) is 3.24 Å². The van der Waals surface area contributed by atoms with Crippen molar-refractivity contribution in [2.75, 3.05) is 4.90 Å². The van der Waals surface area contributed by atoms with Crippen LogP contribution in [0.2, 0.25) is 0 Å². The first-order valence-electron chi connectivity index (χ1n) is 15.3. The first-order chi connectivity index (χ1) is 21.7. The molecule has 0 aliphatic carbocycles. The Labute approximate surface area is 262 Å². The summed E-state index contributed by atoms with van der Waals surface area (Å²) in [6.07, 6.45) is 8.41. The minimum atomic E-state index is -0.477. The number of benzene rings is 6. The lowest BCUT2D eigenvalue weighted by Crippen LogP contribution is -2.31. The first-order valence-corrected chi connectivity index (χ1v) is 15.3. The van der Waals surface area contributed by atoms with Crippen molar-refractivity contribution in [3.8, 4) is 0 Å². The molecule has 0 amide bonds. The Bertz CT molecular complexity index is 1660. The summed E-state index contributed by atoms with van der Waals surface area (Å²) in [5, 5.41) is 0. The third kappa shape index (κ3) is 5.65. The van der Waals surface area contributed by atoms with Crippen LogP contribution in [0.15, 0.2) is 176 Å². The number of nitrogens with zero attached hydrogens (tertiary/aromatic N) is 1. The fraction of sp³-hybridized carbons (Fsp3) is 0.0698. The van der Waals surface area contributed by atoms with Gasteiger partial charge < -0.3 is 4.90 Å². The van der Waals surface area contributed by atoms with E-state index in [1.54, 1.807) is 0 Å². The highest BCUT2D eigenvalue weighted by Gasteiger charge is 2.38. The van der Waals surface area contributed by atoms with Gasteiger partial charge in [-0.25, -0.2) is 0 Å². The summed E-state index contributed by atoms with van der Waals surface area (Å²) in [7, 11) is 0. The zero-order chi connectivity index (χ0) is 30.2. The molecule has 0 fully saturated rings. The molecule has 6 rings (SSSR count). The largest absolute Gasteiger partial charge is 0.311 e. The van der Waals surface area contributed by atoms with Crippen molar-refractivity contribution in [3.63, 3.8) is 0 Å². The molecule has 0 aromatic heterocycles. The van der Waals surface area contributed by atoms with E-state index >= 15 is 0 Å². The van der Waals surface area contributed by atoms with Crippen LogP contribution in [0, 0.1) is 0 Å². The second-order valence-electron chi connectivity index (χ2n) is 10.9. The van der Waals surface area contributed by atoms with Crippen LogP contribution in [0.4, 0.5) is 17.1 Å². The minimum Gasteiger partial charge on any atom is -0.311 e. The van der Waals surface area contributed by atoms with Crippen LogP contribution >= 0.6 is 0 Å². The molecule has 0 aliphatic heterocycles. The van der Waals surface area contributed by atoms with Gasteiger partial charge in [-0.1, -0.05) is 152 Å². The SMILES string of the molecule is C/C=C/c1ccc(N(c2ccc(/C=C/C)cc2)c2ccc(C(c3ccccc3)(c3ccccc3)c3ccccc3)cc2)cc1. The smallest absolute Gasteiger partial charge is 0.0701 e. The van der Waals surface area contributed by atoms with Gasteiger partial charge >= 0.3 is 0 Å². The molecule has 0 bridgehead atoms. The first kappa shape index (κ1) is 28.7. The van der Waals surface area contributed by atoms with Gasteiger partial charge in [0.2, 0.25) is 0 Å². The molecule has 0 unspecified atom stereocenters. The van der Waals surface area contributed by atoms with Gasteiger partial charge in [0.1, 0.15) is 0 Å². The van der Waals surface area contributed by atoms with E-state index in [1.807, 2.05) is 0 Å². The predicted molar refractivity (Wildman–Crippen MR) is 189 cm³/mol. The van der Waals surface area contributed by atoms with Crippen molar-refractivity contribution >= 4 is 29.2 Å². The maximum Gasteiger partial charge on any atom is 0.0701 e. The van der Waals surface area contributed by atoms with E-state index in [4.69, 9.17) is 0 Å². The van der Waals surface area contributed by atoms with Gasteiger partial charge in [-0.3, -0.25) is 0 Å². The lowest BCUT2D eigenvalue weighted by atomic mass is 9.65. The Hall–Kier alpha value is -5.40. The van der Waals surface area contributed by atoms with Crippen molar-refractivity contribution in [3.05, 3.63) is 209 Å². The van der Waals surface area contributed by atoms with E-state index in [9.17, 15) is 0 Å². The van der Waals surface area contributed by atoms with Gasteiger partial charge in [0.25, 0.3) is 0 Å². The summed E-state index contributed by atoms with van der Waals surface area (Å²) in [5.41, 5.74) is 10.2. The van der Waals surface area contributed by atoms with E-state index in [0.717, 1.165) is 17.1 Å². The van der Waals surface area contributed by atoms with Crippen LogP contribution in [0.5, 0.6) is 0 Å². The molecule has 6 aromatic rings. The third-order valence-corrected chi connectivity index (χ3v) is 8.20. The van der Waals surface area contributed by atoms with E-state index in [0.29, 0.717) is 0 Å². The predicted octanol–water partition coefficient (Wildman–Crippen LogP) is 11.6. The lowest BCUT2D eigenvalue weighted by molar-refractivity contribution is 0.745. The van der Waals surface area contributed by atoms with Gasteiger partial charge in [-0.05, 0) is 83.6 Å². The summed E-state index contributed by atoms with van der Waals surface area (Å²) < 4.78 is 0. The summed E-state index contributed by atoms with van der Waals surface area (Å²) in [4.78, 5) is 2.33. The molecule has 1 nitrogen and oxygen atoms in total. The molecule has 0 saturated carbocycles. The molecule has 214 valence electrons. The monoisotopic (exact) mass is 567 g/mol.